The fourth-order valence-electron chi connectivity index (χ4n) is 2.52. The third kappa shape index (κ3) is 3.71. The number of hydrogen-bond acceptors (Lipinski definition) is 3. The highest BCUT2D eigenvalue weighted by atomic mass is 32.2. The highest BCUT2D eigenvalue weighted by Gasteiger charge is 2.39. The Labute approximate surface area is 135 Å². The van der Waals surface area contributed by atoms with Crippen molar-refractivity contribution in [1.82, 2.24) is 10.0 Å². The molecule has 2 N–H and O–H groups in total. The molecule has 2 amide bonds. The van der Waals surface area contributed by atoms with Crippen LogP contribution in [-0.4, -0.2) is 20.5 Å². The molecule has 23 heavy (non-hydrogen) atoms. The largest absolute Gasteiger partial charge is 0.334 e. The van der Waals surface area contributed by atoms with Crippen LogP contribution in [0.1, 0.15) is 23.5 Å². The van der Waals surface area contributed by atoms with Crippen LogP contribution in [-0.2, 0) is 10.0 Å². The van der Waals surface area contributed by atoms with Gasteiger partial charge in [0.1, 0.15) is 0 Å². The quantitative estimate of drug-likeness (QED) is 0.904. The van der Waals surface area contributed by atoms with Gasteiger partial charge in [0.25, 0.3) is 10.0 Å². The third-order valence-corrected chi connectivity index (χ3v) is 5.24. The molecule has 1 saturated carbocycles. The summed E-state index contributed by atoms with van der Waals surface area (Å²) in [5.41, 5.74) is 2.11. The van der Waals surface area contributed by atoms with Crippen molar-refractivity contribution in [1.29, 1.82) is 0 Å². The van der Waals surface area contributed by atoms with Gasteiger partial charge in [-0.05, 0) is 31.0 Å². The van der Waals surface area contributed by atoms with Gasteiger partial charge < -0.3 is 5.32 Å². The first-order valence-corrected chi connectivity index (χ1v) is 8.89. The molecule has 0 radical (unpaired) electrons. The van der Waals surface area contributed by atoms with E-state index < -0.39 is 16.1 Å². The minimum atomic E-state index is -3.84. The van der Waals surface area contributed by atoms with Crippen molar-refractivity contribution in [3.8, 4) is 0 Å². The molecular weight excluding hydrogens is 312 g/mol. The number of hydrogen-bond donors (Lipinski definition) is 2. The number of aryl methyl sites for hydroxylation is 1. The van der Waals surface area contributed by atoms with E-state index >= 15 is 0 Å². The summed E-state index contributed by atoms with van der Waals surface area (Å²) < 4.78 is 26.3. The summed E-state index contributed by atoms with van der Waals surface area (Å²) in [5.74, 6) is 0.254. The molecule has 0 spiro atoms. The van der Waals surface area contributed by atoms with Crippen LogP contribution in [0.5, 0.6) is 0 Å². The second-order valence-corrected chi connectivity index (χ2v) is 7.43. The van der Waals surface area contributed by atoms with Gasteiger partial charge in [-0.2, -0.15) is 0 Å². The Hall–Kier alpha value is -2.34. The summed E-state index contributed by atoms with van der Waals surface area (Å²) in [6, 6.07) is 15.5. The molecule has 3 rings (SSSR count). The number of carbonyl (C=O) groups is 1. The second kappa shape index (κ2) is 6.04. The normalized spacial score (nSPS) is 19.9. The van der Waals surface area contributed by atoms with E-state index in [9.17, 15) is 13.2 Å². The summed E-state index contributed by atoms with van der Waals surface area (Å²) in [7, 11) is -3.84. The van der Waals surface area contributed by atoms with Crippen molar-refractivity contribution in [3.63, 3.8) is 0 Å². The van der Waals surface area contributed by atoms with Crippen LogP contribution < -0.4 is 10.0 Å². The zero-order valence-electron chi connectivity index (χ0n) is 12.7. The lowest BCUT2D eigenvalue weighted by Gasteiger charge is -2.09. The van der Waals surface area contributed by atoms with Crippen LogP contribution in [0.4, 0.5) is 4.79 Å². The number of sulfonamides is 1. The fourth-order valence-corrected chi connectivity index (χ4v) is 3.43. The topological polar surface area (TPSA) is 75.3 Å². The SMILES string of the molecule is Cc1ccc(S(=O)(=O)NC(=O)N[C@@H]2C[C@H]2c2ccccc2)cc1. The Bertz CT molecular complexity index is 801. The van der Waals surface area contributed by atoms with E-state index in [0.717, 1.165) is 17.5 Å². The molecule has 0 unspecified atom stereocenters. The van der Waals surface area contributed by atoms with Crippen molar-refractivity contribution >= 4 is 16.1 Å². The second-order valence-electron chi connectivity index (χ2n) is 5.75. The Morgan fingerprint density at radius 3 is 2.35 bits per heavy atom. The Balaban J connectivity index is 1.59. The van der Waals surface area contributed by atoms with E-state index in [4.69, 9.17) is 0 Å². The molecule has 0 bridgehead atoms. The van der Waals surface area contributed by atoms with Gasteiger partial charge >= 0.3 is 6.03 Å². The van der Waals surface area contributed by atoms with Crippen LogP contribution in [0.2, 0.25) is 0 Å². The van der Waals surface area contributed by atoms with Crippen LogP contribution in [0.3, 0.4) is 0 Å². The van der Waals surface area contributed by atoms with E-state index in [0.29, 0.717) is 0 Å². The maximum absolute atomic E-state index is 12.1. The van der Waals surface area contributed by atoms with E-state index in [1.165, 1.54) is 12.1 Å². The Morgan fingerprint density at radius 1 is 1.04 bits per heavy atom. The zero-order chi connectivity index (χ0) is 16.4. The van der Waals surface area contributed by atoms with Gasteiger partial charge in [-0.1, -0.05) is 48.0 Å². The van der Waals surface area contributed by atoms with E-state index in [-0.39, 0.29) is 16.9 Å². The number of nitrogens with one attached hydrogen (secondary N) is 2. The average Bonchev–Trinajstić information content (AvgIpc) is 3.27. The van der Waals surface area contributed by atoms with E-state index in [1.54, 1.807) is 12.1 Å². The number of carbonyl (C=O) groups excluding carboxylic acids is 1. The van der Waals surface area contributed by atoms with Gasteiger partial charge in [0.2, 0.25) is 0 Å². The molecule has 5 nitrogen and oxygen atoms in total. The minimum absolute atomic E-state index is 0.0226. The molecular formula is C17H18N2O3S. The van der Waals surface area contributed by atoms with Gasteiger partial charge in [-0.15, -0.1) is 0 Å². The van der Waals surface area contributed by atoms with E-state index in [2.05, 4.69) is 10.0 Å². The lowest BCUT2D eigenvalue weighted by atomic mass is 10.1. The van der Waals surface area contributed by atoms with Crippen molar-refractivity contribution in [2.24, 2.45) is 0 Å². The van der Waals surface area contributed by atoms with Gasteiger partial charge in [0.05, 0.1) is 4.90 Å². The highest BCUT2D eigenvalue weighted by molar-refractivity contribution is 7.90. The predicted octanol–water partition coefficient (Wildman–Crippen LogP) is 2.54. The summed E-state index contributed by atoms with van der Waals surface area (Å²) in [4.78, 5) is 12.0. The third-order valence-electron chi connectivity index (χ3n) is 3.89. The molecule has 2 atom stereocenters. The van der Waals surface area contributed by atoms with Crippen LogP contribution >= 0.6 is 0 Å². The average molecular weight is 330 g/mol. The number of amides is 2. The highest BCUT2D eigenvalue weighted by Crippen LogP contribution is 2.40. The van der Waals surface area contributed by atoms with Crippen LogP contribution in [0.25, 0.3) is 0 Å². The molecule has 120 valence electrons. The van der Waals surface area contributed by atoms with Gasteiger partial charge in [0.15, 0.2) is 0 Å². The molecule has 0 heterocycles. The van der Waals surface area contributed by atoms with Gasteiger partial charge in [-0.3, -0.25) is 0 Å². The first kappa shape index (κ1) is 15.6. The fraction of sp³-hybridized carbons (Fsp3) is 0.235. The number of urea groups is 1. The summed E-state index contributed by atoms with van der Waals surface area (Å²) in [6.07, 6.45) is 0.821. The Kier molecular flexibility index (Phi) is 4.09. The molecule has 2 aromatic carbocycles. The first-order valence-electron chi connectivity index (χ1n) is 7.40. The molecule has 2 aromatic rings. The van der Waals surface area contributed by atoms with Gasteiger partial charge in [-0.25, -0.2) is 17.9 Å². The number of rotatable bonds is 4. The maximum Gasteiger partial charge on any atom is 0.328 e. The summed E-state index contributed by atoms with van der Waals surface area (Å²) in [5, 5.41) is 2.71. The van der Waals surface area contributed by atoms with Crippen LogP contribution in [0.15, 0.2) is 59.5 Å². The van der Waals surface area contributed by atoms with Crippen molar-refractivity contribution in [2.45, 2.75) is 30.2 Å². The number of benzene rings is 2. The van der Waals surface area contributed by atoms with Crippen molar-refractivity contribution in [2.75, 3.05) is 0 Å². The first-order chi connectivity index (χ1) is 11.0. The molecule has 6 heteroatoms. The molecule has 0 saturated heterocycles. The van der Waals surface area contributed by atoms with Gasteiger partial charge in [0, 0.05) is 12.0 Å². The molecule has 0 aromatic heterocycles. The van der Waals surface area contributed by atoms with Crippen LogP contribution in [0, 0.1) is 6.92 Å². The smallest absolute Gasteiger partial charge is 0.328 e. The minimum Gasteiger partial charge on any atom is -0.334 e. The monoisotopic (exact) mass is 330 g/mol. The summed E-state index contributed by atoms with van der Waals surface area (Å²) in [6.45, 7) is 1.87. The summed E-state index contributed by atoms with van der Waals surface area (Å²) >= 11 is 0. The lowest BCUT2D eigenvalue weighted by molar-refractivity contribution is 0.245. The van der Waals surface area contributed by atoms with Crippen molar-refractivity contribution < 1.29 is 13.2 Å². The molecule has 0 aliphatic heterocycles. The molecule has 1 fully saturated rings. The van der Waals surface area contributed by atoms with E-state index in [1.807, 2.05) is 37.3 Å². The molecule has 1 aliphatic rings. The standard InChI is InChI=1S/C17H18N2O3S/c1-12-7-9-14(10-8-12)23(21,22)19-17(20)18-16-11-15(16)13-5-3-2-4-6-13/h2-10,15-16H,11H2,1H3,(H2,18,19,20)/t15-,16+/m0/s1. The predicted molar refractivity (Wildman–Crippen MR) is 87.6 cm³/mol. The van der Waals surface area contributed by atoms with Crippen molar-refractivity contribution in [3.05, 3.63) is 65.7 Å². The maximum atomic E-state index is 12.1. The zero-order valence-corrected chi connectivity index (χ0v) is 13.5. The lowest BCUT2D eigenvalue weighted by Crippen LogP contribution is -2.40. The molecule has 1 aliphatic carbocycles. The Morgan fingerprint density at radius 2 is 1.70 bits per heavy atom.